The van der Waals surface area contributed by atoms with Crippen molar-refractivity contribution in [3.05, 3.63) is 59.9 Å². The van der Waals surface area contributed by atoms with Crippen molar-refractivity contribution in [2.45, 2.75) is 36.9 Å². The molecular formula is C25H24F4N4O5S. The zero-order valence-electron chi connectivity index (χ0n) is 20.4. The summed E-state index contributed by atoms with van der Waals surface area (Å²) in [6.45, 7) is 0.758. The monoisotopic (exact) mass is 568 g/mol. The van der Waals surface area contributed by atoms with Crippen LogP contribution in [0.2, 0.25) is 0 Å². The highest BCUT2D eigenvalue weighted by Gasteiger charge is 2.36. The fourth-order valence-electron chi connectivity index (χ4n) is 4.03. The molecule has 0 fully saturated rings. The Labute approximate surface area is 221 Å². The minimum atomic E-state index is -4.87. The van der Waals surface area contributed by atoms with Crippen LogP contribution >= 0.6 is 0 Å². The van der Waals surface area contributed by atoms with Crippen molar-refractivity contribution in [1.29, 1.82) is 0 Å². The average Bonchev–Trinajstić information content (AvgIpc) is 2.86. The summed E-state index contributed by atoms with van der Waals surface area (Å²) in [5.41, 5.74) is -2.18. The van der Waals surface area contributed by atoms with Crippen molar-refractivity contribution in [3.63, 3.8) is 0 Å². The molecule has 0 saturated carbocycles. The van der Waals surface area contributed by atoms with E-state index in [1.165, 1.54) is 18.2 Å². The van der Waals surface area contributed by atoms with Gasteiger partial charge in [-0.2, -0.15) is 21.6 Å². The van der Waals surface area contributed by atoms with Gasteiger partial charge in [-0.05, 0) is 61.7 Å². The SMILES string of the molecule is O=C(O)CCCN1CCCCOc2ccc(F)cc2-c2nc(ccc2C(F)(F)F)NS(=O)(=O)c2cccc1n2. The van der Waals surface area contributed by atoms with Gasteiger partial charge in [-0.1, -0.05) is 6.07 Å². The van der Waals surface area contributed by atoms with E-state index in [9.17, 15) is 30.8 Å². The van der Waals surface area contributed by atoms with Crippen LogP contribution in [-0.2, 0) is 21.0 Å². The average molecular weight is 569 g/mol. The number of nitrogens with zero attached hydrogens (tertiary/aromatic N) is 3. The highest BCUT2D eigenvalue weighted by atomic mass is 32.2. The molecule has 14 heteroatoms. The Kier molecular flexibility index (Phi) is 8.23. The number of ether oxygens (including phenoxy) is 1. The second kappa shape index (κ2) is 11.4. The van der Waals surface area contributed by atoms with E-state index < -0.39 is 50.1 Å². The number of sulfonamides is 1. The van der Waals surface area contributed by atoms with Crippen molar-refractivity contribution in [3.8, 4) is 17.0 Å². The zero-order valence-corrected chi connectivity index (χ0v) is 21.2. The first-order valence-electron chi connectivity index (χ1n) is 11.9. The normalized spacial score (nSPS) is 15.5. The number of halogens is 4. The van der Waals surface area contributed by atoms with Gasteiger partial charge in [0.15, 0.2) is 5.03 Å². The van der Waals surface area contributed by atoms with E-state index >= 15 is 0 Å². The summed E-state index contributed by atoms with van der Waals surface area (Å²) < 4.78 is 89.9. The number of hydrogen-bond acceptors (Lipinski definition) is 7. The molecule has 0 saturated heterocycles. The van der Waals surface area contributed by atoms with Crippen LogP contribution in [-0.4, -0.2) is 49.2 Å². The largest absolute Gasteiger partial charge is 0.493 e. The number of carboxylic acids is 1. The molecule has 0 atom stereocenters. The van der Waals surface area contributed by atoms with E-state index in [1.54, 1.807) is 11.0 Å². The Hall–Kier alpha value is -3.94. The first-order chi connectivity index (χ1) is 18.4. The minimum Gasteiger partial charge on any atom is -0.493 e. The quantitative estimate of drug-likeness (QED) is 0.425. The summed E-state index contributed by atoms with van der Waals surface area (Å²) in [5, 5.41) is 8.59. The molecular weight excluding hydrogens is 544 g/mol. The van der Waals surface area contributed by atoms with Crippen molar-refractivity contribution in [2.24, 2.45) is 0 Å². The molecule has 1 aliphatic rings. The third-order valence-corrected chi connectivity index (χ3v) is 7.10. The lowest BCUT2D eigenvalue weighted by Crippen LogP contribution is -2.28. The summed E-state index contributed by atoms with van der Waals surface area (Å²) >= 11 is 0. The van der Waals surface area contributed by atoms with Gasteiger partial charge in [0, 0.05) is 25.1 Å². The van der Waals surface area contributed by atoms with Crippen LogP contribution in [0, 0.1) is 5.82 Å². The third kappa shape index (κ3) is 6.93. The Balaban J connectivity index is 1.80. The number of fused-ring (bicyclic) bond motifs is 6. The number of aromatic nitrogens is 2. The molecule has 0 aliphatic carbocycles. The fourth-order valence-corrected chi connectivity index (χ4v) is 5.00. The smallest absolute Gasteiger partial charge is 0.418 e. The van der Waals surface area contributed by atoms with Crippen molar-refractivity contribution < 1.29 is 40.6 Å². The summed E-state index contributed by atoms with van der Waals surface area (Å²) in [7, 11) is -4.41. The van der Waals surface area contributed by atoms with Gasteiger partial charge in [-0.3, -0.25) is 9.52 Å². The van der Waals surface area contributed by atoms with Crippen molar-refractivity contribution in [1.82, 2.24) is 9.97 Å². The second-order valence-electron chi connectivity index (χ2n) is 8.71. The molecule has 39 heavy (non-hydrogen) atoms. The highest BCUT2D eigenvalue weighted by molar-refractivity contribution is 7.92. The third-order valence-electron chi connectivity index (χ3n) is 5.84. The molecule has 0 spiro atoms. The second-order valence-corrected chi connectivity index (χ2v) is 10.3. The Morgan fingerprint density at radius 3 is 2.64 bits per heavy atom. The standard InChI is InChI=1S/C25H24F4N4O5S/c26-16-8-10-19-17(15-16)24-18(25(27,28)29)9-11-20(30-24)32-39(36,37)22-6-3-5-21(31-22)33(12-1-2-14-38-19)13-4-7-23(34)35/h3,5-6,8-11,15H,1-2,4,7,12-14H2,(H,30,32)(H,34,35). The van der Waals surface area contributed by atoms with Crippen LogP contribution in [0.5, 0.6) is 5.75 Å². The number of carbonyl (C=O) groups is 1. The number of aliphatic carboxylic acids is 1. The van der Waals surface area contributed by atoms with Gasteiger partial charge >= 0.3 is 12.1 Å². The molecule has 4 rings (SSSR count). The molecule has 3 heterocycles. The van der Waals surface area contributed by atoms with E-state index in [-0.39, 0.29) is 30.2 Å². The lowest BCUT2D eigenvalue weighted by atomic mass is 10.0. The predicted octanol–water partition coefficient (Wildman–Crippen LogP) is 4.95. The van der Waals surface area contributed by atoms with Gasteiger partial charge < -0.3 is 14.7 Å². The summed E-state index contributed by atoms with van der Waals surface area (Å²) in [5.74, 6) is -1.99. The molecule has 1 aromatic carbocycles. The number of carboxylic acid groups (broad SMARTS) is 1. The van der Waals surface area contributed by atoms with E-state index in [4.69, 9.17) is 9.84 Å². The van der Waals surface area contributed by atoms with Gasteiger partial charge in [0.2, 0.25) is 0 Å². The first-order valence-corrected chi connectivity index (χ1v) is 13.4. The number of alkyl halides is 3. The van der Waals surface area contributed by atoms with E-state index in [2.05, 4.69) is 14.7 Å². The van der Waals surface area contributed by atoms with Gasteiger partial charge in [0.25, 0.3) is 10.0 Å². The Morgan fingerprint density at radius 2 is 1.90 bits per heavy atom. The molecule has 2 aromatic heterocycles. The summed E-state index contributed by atoms with van der Waals surface area (Å²) in [6.07, 6.45) is -3.73. The van der Waals surface area contributed by atoms with Gasteiger partial charge in [-0.25, -0.2) is 14.4 Å². The zero-order chi connectivity index (χ0) is 28.2. The van der Waals surface area contributed by atoms with Crippen LogP contribution in [0.15, 0.2) is 53.6 Å². The molecule has 3 aromatic rings. The van der Waals surface area contributed by atoms with Crippen LogP contribution in [0.4, 0.5) is 29.2 Å². The maximum Gasteiger partial charge on any atom is 0.418 e. The lowest BCUT2D eigenvalue weighted by molar-refractivity contribution is -0.138. The van der Waals surface area contributed by atoms with Gasteiger partial charge in [0.05, 0.1) is 17.9 Å². The predicted molar refractivity (Wildman–Crippen MR) is 133 cm³/mol. The number of benzene rings is 1. The number of rotatable bonds is 4. The van der Waals surface area contributed by atoms with E-state index in [0.29, 0.717) is 38.4 Å². The van der Waals surface area contributed by atoms with E-state index in [1.807, 2.05) is 0 Å². The molecule has 0 unspecified atom stereocenters. The number of hydrogen-bond donors (Lipinski definition) is 2. The van der Waals surface area contributed by atoms with Gasteiger partial charge in [0.1, 0.15) is 23.2 Å². The summed E-state index contributed by atoms with van der Waals surface area (Å²) in [4.78, 5) is 20.9. The Morgan fingerprint density at radius 1 is 1.10 bits per heavy atom. The maximum absolute atomic E-state index is 14.2. The molecule has 0 radical (unpaired) electrons. The van der Waals surface area contributed by atoms with Crippen LogP contribution in [0.3, 0.4) is 0 Å². The molecule has 1 aliphatic heterocycles. The maximum atomic E-state index is 14.2. The highest BCUT2D eigenvalue weighted by Crippen LogP contribution is 2.40. The number of nitrogens with one attached hydrogen (secondary N) is 1. The number of pyridine rings is 2. The van der Waals surface area contributed by atoms with Crippen LogP contribution < -0.4 is 14.4 Å². The Bertz CT molecular complexity index is 1470. The first kappa shape index (κ1) is 28.1. The van der Waals surface area contributed by atoms with Crippen LogP contribution in [0.1, 0.15) is 31.2 Å². The lowest BCUT2D eigenvalue weighted by Gasteiger charge is -2.24. The van der Waals surface area contributed by atoms with E-state index in [0.717, 1.165) is 18.2 Å². The topological polar surface area (TPSA) is 122 Å². The number of anilines is 2. The summed E-state index contributed by atoms with van der Waals surface area (Å²) in [6, 6.07) is 8.85. The molecule has 9 nitrogen and oxygen atoms in total. The van der Waals surface area contributed by atoms with Crippen molar-refractivity contribution >= 4 is 27.6 Å². The van der Waals surface area contributed by atoms with Crippen LogP contribution in [0.25, 0.3) is 11.3 Å². The van der Waals surface area contributed by atoms with Crippen molar-refractivity contribution in [2.75, 3.05) is 29.3 Å². The van der Waals surface area contributed by atoms with Gasteiger partial charge in [-0.15, -0.1) is 0 Å². The molecule has 2 N–H and O–H groups in total. The fraction of sp³-hybridized carbons (Fsp3) is 0.320. The molecule has 208 valence electrons. The molecule has 0 amide bonds. The molecule has 4 bridgehead atoms. The minimum absolute atomic E-state index is 0.0494.